The van der Waals surface area contributed by atoms with Gasteiger partial charge in [-0.1, -0.05) is 6.92 Å². The number of carbonyl (C=O) groups excluding carboxylic acids is 1. The van der Waals surface area contributed by atoms with Crippen LogP contribution in [0.25, 0.3) is 0 Å². The first-order valence-electron chi connectivity index (χ1n) is 8.10. The van der Waals surface area contributed by atoms with E-state index in [0.717, 1.165) is 19.6 Å². The van der Waals surface area contributed by atoms with Crippen molar-refractivity contribution in [2.45, 2.75) is 32.2 Å². The molecule has 1 aliphatic heterocycles. The molecular weight excluding hydrogens is 285 g/mol. The highest BCUT2D eigenvalue weighted by molar-refractivity contribution is 5.84. The van der Waals surface area contributed by atoms with E-state index in [9.17, 15) is 9.18 Å². The summed E-state index contributed by atoms with van der Waals surface area (Å²) in [4.78, 5) is 19.9. The molecule has 1 fully saturated rings. The molecule has 0 aromatic carbocycles. The number of rotatable bonds is 8. The maximum atomic E-state index is 12.2. The van der Waals surface area contributed by atoms with Gasteiger partial charge < -0.3 is 15.5 Å². The fourth-order valence-electron chi connectivity index (χ4n) is 2.49. The first kappa shape index (κ1) is 18.7. The third kappa shape index (κ3) is 6.60. The Bertz CT molecular complexity index is 362. The molecule has 1 aliphatic rings. The molecule has 7 heteroatoms. The Labute approximate surface area is 133 Å². The van der Waals surface area contributed by atoms with Crippen LogP contribution in [-0.2, 0) is 4.79 Å². The van der Waals surface area contributed by atoms with Crippen LogP contribution in [0.2, 0.25) is 0 Å². The van der Waals surface area contributed by atoms with Gasteiger partial charge in [0.05, 0.1) is 6.67 Å². The van der Waals surface area contributed by atoms with Crippen LogP contribution in [-0.4, -0.2) is 81.2 Å². The number of hydrogen-bond acceptors (Lipinski definition) is 3. The van der Waals surface area contributed by atoms with Gasteiger partial charge in [-0.3, -0.25) is 14.1 Å². The summed E-state index contributed by atoms with van der Waals surface area (Å²) in [6.45, 7) is 5.41. The van der Waals surface area contributed by atoms with E-state index in [4.69, 9.17) is 0 Å². The number of amides is 1. The number of alkyl halides is 1. The summed E-state index contributed by atoms with van der Waals surface area (Å²) in [5.74, 6) is 0.536. The molecule has 1 atom stereocenters. The molecule has 22 heavy (non-hydrogen) atoms. The van der Waals surface area contributed by atoms with E-state index in [0.29, 0.717) is 25.0 Å². The Morgan fingerprint density at radius 1 is 1.41 bits per heavy atom. The normalized spacial score (nSPS) is 19.3. The van der Waals surface area contributed by atoms with Crippen molar-refractivity contribution in [3.05, 3.63) is 0 Å². The number of nitrogens with one attached hydrogen (secondary N) is 2. The van der Waals surface area contributed by atoms with E-state index in [2.05, 4.69) is 27.4 Å². The molecule has 0 bridgehead atoms. The second-order valence-corrected chi connectivity index (χ2v) is 5.73. The largest absolute Gasteiger partial charge is 0.356 e. The highest BCUT2D eigenvalue weighted by Gasteiger charge is 2.22. The Kier molecular flexibility index (Phi) is 8.81. The number of guanidine groups is 1. The Morgan fingerprint density at radius 2 is 2.18 bits per heavy atom. The maximum Gasteiger partial charge on any atom is 0.243 e. The molecule has 0 spiro atoms. The second kappa shape index (κ2) is 10.4. The molecule has 0 aromatic heterocycles. The number of hydrogen-bond donors (Lipinski definition) is 2. The first-order chi connectivity index (χ1) is 10.6. The monoisotopic (exact) mass is 315 g/mol. The van der Waals surface area contributed by atoms with Crippen molar-refractivity contribution in [3.63, 3.8) is 0 Å². The molecule has 128 valence electrons. The third-order valence-corrected chi connectivity index (χ3v) is 3.88. The second-order valence-electron chi connectivity index (χ2n) is 5.73. The number of nitrogens with zero attached hydrogens (tertiary/aromatic N) is 3. The van der Waals surface area contributed by atoms with Gasteiger partial charge in [0, 0.05) is 33.2 Å². The quantitative estimate of drug-likeness (QED) is 0.388. The van der Waals surface area contributed by atoms with Gasteiger partial charge in [-0.05, 0) is 32.4 Å². The van der Waals surface area contributed by atoms with E-state index in [1.54, 1.807) is 14.1 Å². The van der Waals surface area contributed by atoms with Gasteiger partial charge in [0.25, 0.3) is 0 Å². The lowest BCUT2D eigenvalue weighted by Gasteiger charge is -2.24. The average Bonchev–Trinajstić information content (AvgIpc) is 2.96. The Morgan fingerprint density at radius 3 is 2.82 bits per heavy atom. The average molecular weight is 315 g/mol. The van der Waals surface area contributed by atoms with Crippen LogP contribution >= 0.6 is 0 Å². The molecule has 1 saturated heterocycles. The highest BCUT2D eigenvalue weighted by Crippen LogP contribution is 2.15. The Hall–Kier alpha value is -1.37. The number of halogens is 1. The smallest absolute Gasteiger partial charge is 0.243 e. The number of likely N-dealkylation sites (N-methyl/N-ethyl adjacent to an activating group) is 2. The van der Waals surface area contributed by atoms with Crippen molar-refractivity contribution in [2.24, 2.45) is 4.99 Å². The summed E-state index contributed by atoms with van der Waals surface area (Å²) < 4.78 is 12.2. The predicted molar refractivity (Wildman–Crippen MR) is 87.9 cm³/mol. The summed E-state index contributed by atoms with van der Waals surface area (Å²) in [6, 6.07) is 0.503. The maximum absolute atomic E-state index is 12.2. The summed E-state index contributed by atoms with van der Waals surface area (Å²) >= 11 is 0. The fraction of sp³-hybridized carbons (Fsp3) is 0.867. The topological polar surface area (TPSA) is 60.0 Å². The molecule has 0 aliphatic carbocycles. The standard InChI is InChI=1S/C15H30FN5O/c1-4-21-10-5-7-13(21)11-18-15(17-9-6-8-16)19-12-14(22)20(2)3/h13H,4-12H2,1-3H3,(H2,17,18,19). The lowest BCUT2D eigenvalue weighted by atomic mass is 10.2. The first-order valence-corrected chi connectivity index (χ1v) is 8.10. The van der Waals surface area contributed by atoms with Crippen molar-refractivity contribution in [1.29, 1.82) is 0 Å². The SMILES string of the molecule is CCN1CCCC1CNC(=NCC(=O)N(C)C)NCCCF. The molecule has 1 amide bonds. The van der Waals surface area contributed by atoms with E-state index in [1.807, 2.05) is 0 Å². The molecule has 1 heterocycles. The van der Waals surface area contributed by atoms with Crippen molar-refractivity contribution >= 4 is 11.9 Å². The van der Waals surface area contributed by atoms with Gasteiger partial charge in [-0.25, -0.2) is 4.99 Å². The number of carbonyl (C=O) groups is 1. The fourth-order valence-corrected chi connectivity index (χ4v) is 2.49. The van der Waals surface area contributed by atoms with Crippen LogP contribution in [0.1, 0.15) is 26.2 Å². The van der Waals surface area contributed by atoms with Crippen molar-refractivity contribution < 1.29 is 9.18 Å². The molecule has 1 rings (SSSR count). The molecule has 1 unspecified atom stereocenters. The van der Waals surface area contributed by atoms with Gasteiger partial charge in [0.2, 0.25) is 5.91 Å². The van der Waals surface area contributed by atoms with Crippen molar-refractivity contribution in [3.8, 4) is 0 Å². The zero-order valence-electron chi connectivity index (χ0n) is 14.1. The van der Waals surface area contributed by atoms with Crippen LogP contribution in [0.3, 0.4) is 0 Å². The Balaban J connectivity index is 2.49. The van der Waals surface area contributed by atoms with E-state index >= 15 is 0 Å². The van der Waals surface area contributed by atoms with Gasteiger partial charge >= 0.3 is 0 Å². The minimum absolute atomic E-state index is 0.0531. The molecule has 2 N–H and O–H groups in total. The molecule has 0 aromatic rings. The van der Waals surface area contributed by atoms with Crippen LogP contribution in [0.15, 0.2) is 4.99 Å². The predicted octanol–water partition coefficient (Wildman–Crippen LogP) is 0.454. The lowest BCUT2D eigenvalue weighted by Crippen LogP contribution is -2.45. The van der Waals surface area contributed by atoms with Crippen LogP contribution in [0.5, 0.6) is 0 Å². The summed E-state index contributed by atoms with van der Waals surface area (Å²) in [6.07, 6.45) is 2.84. The summed E-state index contributed by atoms with van der Waals surface area (Å²) in [5.41, 5.74) is 0. The van der Waals surface area contributed by atoms with Gasteiger partial charge in [-0.2, -0.15) is 0 Å². The molecule has 6 nitrogen and oxygen atoms in total. The molecule has 0 radical (unpaired) electrons. The number of likely N-dealkylation sites (tertiary alicyclic amines) is 1. The highest BCUT2D eigenvalue weighted by atomic mass is 19.1. The van der Waals surface area contributed by atoms with Gasteiger partial charge in [-0.15, -0.1) is 0 Å². The zero-order valence-corrected chi connectivity index (χ0v) is 14.1. The minimum Gasteiger partial charge on any atom is -0.356 e. The van der Waals surface area contributed by atoms with E-state index in [-0.39, 0.29) is 19.1 Å². The summed E-state index contributed by atoms with van der Waals surface area (Å²) in [5, 5.41) is 6.36. The lowest BCUT2D eigenvalue weighted by molar-refractivity contribution is -0.127. The molecular formula is C15H30FN5O. The minimum atomic E-state index is -0.358. The van der Waals surface area contributed by atoms with Crippen LogP contribution < -0.4 is 10.6 Å². The van der Waals surface area contributed by atoms with Gasteiger partial charge in [0.1, 0.15) is 6.54 Å². The van der Waals surface area contributed by atoms with E-state index < -0.39 is 0 Å². The van der Waals surface area contributed by atoms with Crippen LogP contribution in [0.4, 0.5) is 4.39 Å². The van der Waals surface area contributed by atoms with Crippen molar-refractivity contribution in [2.75, 3.05) is 53.5 Å². The zero-order chi connectivity index (χ0) is 16.4. The van der Waals surface area contributed by atoms with Gasteiger partial charge in [0.15, 0.2) is 5.96 Å². The molecule has 0 saturated carbocycles. The third-order valence-electron chi connectivity index (χ3n) is 3.88. The van der Waals surface area contributed by atoms with Crippen molar-refractivity contribution in [1.82, 2.24) is 20.4 Å². The number of aliphatic imine (C=N–C) groups is 1. The van der Waals surface area contributed by atoms with E-state index in [1.165, 1.54) is 17.7 Å². The summed E-state index contributed by atoms with van der Waals surface area (Å²) in [7, 11) is 3.41. The van der Waals surface area contributed by atoms with Crippen LogP contribution in [0, 0.1) is 0 Å².